The predicted octanol–water partition coefficient (Wildman–Crippen LogP) is 3.43. The van der Waals surface area contributed by atoms with Crippen LogP contribution in [0, 0.1) is 22.1 Å². The monoisotopic (exact) mass is 374 g/mol. The minimum absolute atomic E-state index is 0.201. The number of benzene rings is 2. The molecule has 0 aliphatic carbocycles. The average molecular weight is 374 g/mol. The number of aryl methyl sites for hydroxylation is 1. The van der Waals surface area contributed by atoms with Crippen molar-refractivity contribution < 1.29 is 8.78 Å². The van der Waals surface area contributed by atoms with Gasteiger partial charge in [0.2, 0.25) is 0 Å². The lowest BCUT2D eigenvalue weighted by Gasteiger charge is -2.18. The van der Waals surface area contributed by atoms with E-state index in [9.17, 15) is 8.78 Å². The van der Waals surface area contributed by atoms with Crippen LogP contribution < -0.4 is 11.3 Å². The van der Waals surface area contributed by atoms with Gasteiger partial charge < -0.3 is 0 Å². The lowest BCUT2D eigenvalue weighted by atomic mass is 9.97. The first kappa shape index (κ1) is 14.4. The highest BCUT2D eigenvalue weighted by molar-refractivity contribution is 14.1. The first-order chi connectivity index (χ1) is 9.04. The number of hydrogen-bond acceptors (Lipinski definition) is 2. The minimum atomic E-state index is -0.860. The second kappa shape index (κ2) is 5.94. The van der Waals surface area contributed by atoms with Crippen LogP contribution in [0.2, 0.25) is 0 Å². The van der Waals surface area contributed by atoms with Crippen LogP contribution in [0.3, 0.4) is 0 Å². The fraction of sp³-hybridized carbons (Fsp3) is 0.143. The van der Waals surface area contributed by atoms with Crippen molar-refractivity contribution in [3.63, 3.8) is 0 Å². The molecule has 100 valence electrons. The average Bonchev–Trinajstić information content (AvgIpc) is 2.41. The third-order valence-corrected chi connectivity index (χ3v) is 3.71. The molecule has 0 spiro atoms. The van der Waals surface area contributed by atoms with Gasteiger partial charge in [0, 0.05) is 9.13 Å². The maximum atomic E-state index is 14.0. The minimum Gasteiger partial charge on any atom is -0.271 e. The van der Waals surface area contributed by atoms with E-state index in [1.165, 1.54) is 6.92 Å². The van der Waals surface area contributed by atoms with Crippen LogP contribution in [0.4, 0.5) is 8.78 Å². The molecule has 0 aliphatic heterocycles. The predicted molar refractivity (Wildman–Crippen MR) is 79.4 cm³/mol. The number of halogens is 3. The maximum Gasteiger partial charge on any atom is 0.164 e. The number of nitrogens with two attached hydrogens (primary N) is 1. The summed E-state index contributed by atoms with van der Waals surface area (Å²) < 4.78 is 28.7. The maximum absolute atomic E-state index is 14.0. The Balaban J connectivity index is 2.48. The van der Waals surface area contributed by atoms with Gasteiger partial charge in [0.05, 0.1) is 6.04 Å². The number of nitrogens with one attached hydrogen (secondary N) is 1. The molecule has 1 atom stereocenters. The summed E-state index contributed by atoms with van der Waals surface area (Å²) >= 11 is 2.18. The van der Waals surface area contributed by atoms with Gasteiger partial charge in [-0.1, -0.05) is 24.3 Å². The molecule has 0 saturated carbocycles. The van der Waals surface area contributed by atoms with Gasteiger partial charge in [-0.3, -0.25) is 5.84 Å². The molecule has 1 unspecified atom stereocenters. The number of rotatable bonds is 3. The highest BCUT2D eigenvalue weighted by Gasteiger charge is 2.20. The van der Waals surface area contributed by atoms with Crippen molar-refractivity contribution in [2.75, 3.05) is 0 Å². The molecule has 19 heavy (non-hydrogen) atoms. The van der Waals surface area contributed by atoms with Crippen molar-refractivity contribution in [3.05, 3.63) is 68.3 Å². The second-order valence-corrected chi connectivity index (χ2v) is 5.50. The lowest BCUT2D eigenvalue weighted by Crippen LogP contribution is -2.29. The summed E-state index contributed by atoms with van der Waals surface area (Å²) in [4.78, 5) is 0. The van der Waals surface area contributed by atoms with Gasteiger partial charge in [0.25, 0.3) is 0 Å². The fourth-order valence-electron chi connectivity index (χ4n) is 1.90. The molecule has 0 radical (unpaired) electrons. The van der Waals surface area contributed by atoms with E-state index in [4.69, 9.17) is 5.84 Å². The first-order valence-electron chi connectivity index (χ1n) is 5.70. The molecule has 0 aliphatic rings. The van der Waals surface area contributed by atoms with Crippen LogP contribution in [0.25, 0.3) is 0 Å². The Hall–Kier alpha value is -1.05. The number of hydrogen-bond donors (Lipinski definition) is 2. The highest BCUT2D eigenvalue weighted by atomic mass is 127. The Bertz CT molecular complexity index is 585. The molecule has 0 amide bonds. The Morgan fingerprint density at radius 3 is 2.26 bits per heavy atom. The van der Waals surface area contributed by atoms with Crippen molar-refractivity contribution in [3.8, 4) is 0 Å². The van der Waals surface area contributed by atoms with E-state index >= 15 is 0 Å². The topological polar surface area (TPSA) is 38.0 Å². The molecule has 0 saturated heterocycles. The van der Waals surface area contributed by atoms with Gasteiger partial charge in [-0.25, -0.2) is 14.2 Å². The van der Waals surface area contributed by atoms with Crippen molar-refractivity contribution in [1.82, 2.24) is 5.43 Å². The van der Waals surface area contributed by atoms with Gasteiger partial charge in [-0.15, -0.1) is 0 Å². The van der Waals surface area contributed by atoms with E-state index < -0.39 is 17.7 Å². The van der Waals surface area contributed by atoms with E-state index in [1.54, 1.807) is 12.1 Å². The third-order valence-electron chi connectivity index (χ3n) is 2.99. The summed E-state index contributed by atoms with van der Waals surface area (Å²) in [7, 11) is 0. The molecule has 2 aromatic rings. The van der Waals surface area contributed by atoms with Crippen molar-refractivity contribution in [1.29, 1.82) is 0 Å². The molecule has 5 heteroatoms. The molecule has 0 aromatic heterocycles. The smallest absolute Gasteiger partial charge is 0.164 e. The Morgan fingerprint density at radius 1 is 1.05 bits per heavy atom. The van der Waals surface area contributed by atoms with Crippen LogP contribution in [0.1, 0.15) is 22.7 Å². The van der Waals surface area contributed by atoms with E-state index in [-0.39, 0.29) is 11.1 Å². The van der Waals surface area contributed by atoms with Gasteiger partial charge in [0.15, 0.2) is 11.6 Å². The summed E-state index contributed by atoms with van der Waals surface area (Å²) in [6.07, 6.45) is 0. The summed E-state index contributed by atoms with van der Waals surface area (Å²) in [5, 5.41) is 0. The van der Waals surface area contributed by atoms with Gasteiger partial charge in [-0.05, 0) is 52.8 Å². The van der Waals surface area contributed by atoms with E-state index in [0.717, 1.165) is 9.13 Å². The van der Waals surface area contributed by atoms with E-state index in [2.05, 4.69) is 28.0 Å². The largest absolute Gasteiger partial charge is 0.271 e. The van der Waals surface area contributed by atoms with Crippen molar-refractivity contribution in [2.45, 2.75) is 13.0 Å². The van der Waals surface area contributed by atoms with Gasteiger partial charge in [-0.2, -0.15) is 0 Å². The van der Waals surface area contributed by atoms with Crippen LogP contribution in [-0.2, 0) is 0 Å². The molecule has 2 aromatic carbocycles. The highest BCUT2D eigenvalue weighted by Crippen LogP contribution is 2.26. The van der Waals surface area contributed by atoms with E-state index in [0.29, 0.717) is 0 Å². The summed E-state index contributed by atoms with van der Waals surface area (Å²) in [6, 6.07) is 9.98. The standard InChI is InChI=1S/C14H13F2IN2/c1-8-2-7-11(13(16)12(8)15)14(19-18)9-3-5-10(17)6-4-9/h2-7,14,19H,18H2,1H3. The quantitative estimate of drug-likeness (QED) is 0.491. The Kier molecular flexibility index (Phi) is 4.49. The molecule has 2 rings (SSSR count). The van der Waals surface area contributed by atoms with Crippen LogP contribution in [-0.4, -0.2) is 0 Å². The summed E-state index contributed by atoms with van der Waals surface area (Å²) in [6.45, 7) is 1.53. The molecular formula is C14H13F2IN2. The molecule has 2 nitrogen and oxygen atoms in total. The Morgan fingerprint density at radius 2 is 1.68 bits per heavy atom. The zero-order valence-corrected chi connectivity index (χ0v) is 12.4. The third kappa shape index (κ3) is 2.93. The zero-order chi connectivity index (χ0) is 14.0. The van der Waals surface area contributed by atoms with Crippen LogP contribution >= 0.6 is 22.6 Å². The van der Waals surface area contributed by atoms with Crippen molar-refractivity contribution in [2.24, 2.45) is 5.84 Å². The molecule has 0 heterocycles. The fourth-order valence-corrected chi connectivity index (χ4v) is 2.26. The second-order valence-electron chi connectivity index (χ2n) is 4.25. The summed E-state index contributed by atoms with van der Waals surface area (Å²) in [5.74, 6) is 3.80. The Labute approximate surface area is 124 Å². The molecule has 3 N–H and O–H groups in total. The molecule has 0 bridgehead atoms. The molecule has 0 fully saturated rings. The molecular weight excluding hydrogens is 361 g/mol. The van der Waals surface area contributed by atoms with E-state index in [1.807, 2.05) is 24.3 Å². The lowest BCUT2D eigenvalue weighted by molar-refractivity contribution is 0.478. The number of hydrazine groups is 1. The van der Waals surface area contributed by atoms with Crippen LogP contribution in [0.15, 0.2) is 36.4 Å². The normalized spacial score (nSPS) is 12.5. The summed E-state index contributed by atoms with van der Waals surface area (Å²) in [5.41, 5.74) is 3.79. The van der Waals surface area contributed by atoms with Crippen molar-refractivity contribution >= 4 is 22.6 Å². The zero-order valence-electron chi connectivity index (χ0n) is 10.3. The SMILES string of the molecule is Cc1ccc(C(NN)c2ccc(I)cc2)c(F)c1F. The van der Waals surface area contributed by atoms with Crippen LogP contribution in [0.5, 0.6) is 0 Å². The van der Waals surface area contributed by atoms with Gasteiger partial charge >= 0.3 is 0 Å². The first-order valence-corrected chi connectivity index (χ1v) is 6.78. The van der Waals surface area contributed by atoms with Gasteiger partial charge in [0.1, 0.15) is 0 Å².